The predicted molar refractivity (Wildman–Crippen MR) is 136 cm³/mol. The van der Waals surface area contributed by atoms with Crippen LogP contribution in [0.3, 0.4) is 0 Å². The molecule has 0 unspecified atom stereocenters. The molecule has 1 amide bonds. The van der Waals surface area contributed by atoms with Crippen LogP contribution in [-0.4, -0.2) is 54.7 Å². The van der Waals surface area contributed by atoms with Crippen LogP contribution in [0.1, 0.15) is 90.7 Å². The molecule has 2 aliphatic heterocycles. The number of rotatable bonds is 6. The normalized spacial score (nSPS) is 27.2. The van der Waals surface area contributed by atoms with Crippen molar-refractivity contribution in [1.29, 1.82) is 0 Å². The SMILES string of the molecule is COc1cc(C2CC(N3CCC(F)(F)C3)C2)ccc1[C@H](C)NC(=O)c1ccc2c(c1)[C@H](O)COC2(C)C. The quantitative estimate of drug-likeness (QED) is 0.563. The van der Waals surface area contributed by atoms with E-state index in [9.17, 15) is 18.7 Å². The zero-order valence-corrected chi connectivity index (χ0v) is 21.9. The lowest BCUT2D eigenvalue weighted by molar-refractivity contribution is -0.0825. The van der Waals surface area contributed by atoms with E-state index in [1.54, 1.807) is 19.2 Å². The number of amides is 1. The van der Waals surface area contributed by atoms with Crippen LogP contribution < -0.4 is 10.1 Å². The maximum atomic E-state index is 13.6. The molecule has 2 aromatic carbocycles. The number of benzene rings is 2. The van der Waals surface area contributed by atoms with Crippen molar-refractivity contribution in [3.05, 3.63) is 64.2 Å². The van der Waals surface area contributed by atoms with Gasteiger partial charge in [0.15, 0.2) is 0 Å². The number of likely N-dealkylation sites (tertiary alicyclic amines) is 1. The highest BCUT2D eigenvalue weighted by Crippen LogP contribution is 2.44. The zero-order valence-electron chi connectivity index (χ0n) is 21.9. The Labute approximate surface area is 216 Å². The smallest absolute Gasteiger partial charge is 0.261 e. The van der Waals surface area contributed by atoms with Crippen molar-refractivity contribution in [2.45, 2.75) is 75.7 Å². The Morgan fingerprint density at radius 1 is 1.22 bits per heavy atom. The Morgan fingerprint density at radius 3 is 2.65 bits per heavy atom. The van der Waals surface area contributed by atoms with Crippen LogP contribution in [-0.2, 0) is 10.3 Å². The standard InChI is InChI=1S/C29H36F2N2O4/c1-17(32-27(35)19-6-8-24-23(13-19)25(34)15-37-28(24,2)3)22-7-5-18(14-26(22)36-4)20-11-21(12-20)33-10-9-29(30,31)16-33/h5-8,13-14,17,20-21,25,34H,9-12,15-16H2,1-4H3,(H,32,35)/t17-,20?,21?,25+/m0/s1. The van der Waals surface area contributed by atoms with Gasteiger partial charge in [0.05, 0.1) is 31.9 Å². The number of methoxy groups -OCH3 is 1. The molecular weight excluding hydrogens is 478 g/mol. The second-order valence-corrected chi connectivity index (χ2v) is 11.2. The van der Waals surface area contributed by atoms with E-state index in [0.29, 0.717) is 23.8 Å². The summed E-state index contributed by atoms with van der Waals surface area (Å²) in [5.41, 5.74) is 3.55. The van der Waals surface area contributed by atoms with Crippen LogP contribution >= 0.6 is 0 Å². The van der Waals surface area contributed by atoms with E-state index >= 15 is 0 Å². The number of hydrogen-bond acceptors (Lipinski definition) is 5. The molecule has 200 valence electrons. The van der Waals surface area contributed by atoms with Crippen molar-refractivity contribution in [2.75, 3.05) is 26.8 Å². The number of carbonyl (C=O) groups excluding carboxylic acids is 1. The van der Waals surface area contributed by atoms with Crippen LogP contribution in [0.15, 0.2) is 36.4 Å². The molecule has 5 rings (SSSR count). The molecule has 2 heterocycles. The summed E-state index contributed by atoms with van der Waals surface area (Å²) in [5, 5.41) is 13.5. The summed E-state index contributed by atoms with van der Waals surface area (Å²) in [6.45, 7) is 6.34. The molecule has 0 bridgehead atoms. The Morgan fingerprint density at radius 2 is 1.97 bits per heavy atom. The largest absolute Gasteiger partial charge is 0.496 e. The van der Waals surface area contributed by atoms with Gasteiger partial charge in [0.25, 0.3) is 11.8 Å². The first-order chi connectivity index (χ1) is 17.5. The second kappa shape index (κ2) is 9.64. The van der Waals surface area contributed by atoms with Crippen LogP contribution in [0.4, 0.5) is 8.78 Å². The Hall–Kier alpha value is -2.55. The molecule has 2 N–H and O–H groups in total. The first-order valence-corrected chi connectivity index (χ1v) is 13.0. The fourth-order valence-electron chi connectivity index (χ4n) is 5.91. The van der Waals surface area contributed by atoms with E-state index in [-0.39, 0.29) is 37.6 Å². The average molecular weight is 515 g/mol. The van der Waals surface area contributed by atoms with Gasteiger partial charge in [0, 0.05) is 30.1 Å². The van der Waals surface area contributed by atoms with Crippen molar-refractivity contribution < 1.29 is 28.2 Å². The third kappa shape index (κ3) is 5.11. The van der Waals surface area contributed by atoms with Crippen LogP contribution in [0.25, 0.3) is 0 Å². The van der Waals surface area contributed by atoms with E-state index in [0.717, 1.165) is 35.1 Å². The summed E-state index contributed by atoms with van der Waals surface area (Å²) in [7, 11) is 1.61. The van der Waals surface area contributed by atoms with Crippen molar-refractivity contribution in [1.82, 2.24) is 10.2 Å². The van der Waals surface area contributed by atoms with Crippen molar-refractivity contribution in [2.24, 2.45) is 0 Å². The fourth-order valence-corrected chi connectivity index (χ4v) is 5.91. The topological polar surface area (TPSA) is 71.0 Å². The molecule has 1 aliphatic carbocycles. The number of alkyl halides is 2. The molecule has 2 fully saturated rings. The molecule has 8 heteroatoms. The van der Waals surface area contributed by atoms with Gasteiger partial charge >= 0.3 is 0 Å². The van der Waals surface area contributed by atoms with Gasteiger partial charge in [0.2, 0.25) is 0 Å². The average Bonchev–Trinajstić information content (AvgIpc) is 3.19. The molecule has 0 aromatic heterocycles. The van der Waals surface area contributed by atoms with Crippen molar-refractivity contribution in [3.63, 3.8) is 0 Å². The van der Waals surface area contributed by atoms with E-state index in [2.05, 4.69) is 11.4 Å². The molecule has 0 radical (unpaired) electrons. The number of aliphatic hydroxyl groups is 1. The Bertz CT molecular complexity index is 1180. The first-order valence-electron chi connectivity index (χ1n) is 13.0. The predicted octanol–water partition coefficient (Wildman–Crippen LogP) is 5.07. The molecule has 2 aromatic rings. The van der Waals surface area contributed by atoms with Gasteiger partial charge in [-0.3, -0.25) is 9.69 Å². The van der Waals surface area contributed by atoms with Gasteiger partial charge in [-0.25, -0.2) is 8.78 Å². The minimum absolute atomic E-state index is 0.0429. The highest BCUT2D eigenvalue weighted by Gasteiger charge is 2.44. The zero-order chi connectivity index (χ0) is 26.5. The van der Waals surface area contributed by atoms with Crippen LogP contribution in [0.5, 0.6) is 5.75 Å². The monoisotopic (exact) mass is 514 g/mol. The van der Waals surface area contributed by atoms with E-state index < -0.39 is 17.6 Å². The molecular formula is C29H36F2N2O4. The molecule has 37 heavy (non-hydrogen) atoms. The van der Waals surface area contributed by atoms with E-state index in [4.69, 9.17) is 9.47 Å². The third-order valence-electron chi connectivity index (χ3n) is 8.30. The van der Waals surface area contributed by atoms with Crippen LogP contribution in [0, 0.1) is 0 Å². The van der Waals surface area contributed by atoms with Gasteiger partial charge in [-0.05, 0) is 74.4 Å². The maximum absolute atomic E-state index is 13.6. The highest BCUT2D eigenvalue weighted by molar-refractivity contribution is 5.94. The van der Waals surface area contributed by atoms with Crippen LogP contribution in [0.2, 0.25) is 0 Å². The number of nitrogens with zero attached hydrogens (tertiary/aromatic N) is 1. The molecule has 1 saturated carbocycles. The van der Waals surface area contributed by atoms with Crippen molar-refractivity contribution >= 4 is 5.91 Å². The third-order valence-corrected chi connectivity index (χ3v) is 8.30. The highest BCUT2D eigenvalue weighted by atomic mass is 19.3. The number of ether oxygens (including phenoxy) is 2. The van der Waals surface area contributed by atoms with E-state index in [1.165, 1.54) is 0 Å². The lowest BCUT2D eigenvalue weighted by atomic mass is 9.75. The number of nitrogens with one attached hydrogen (secondary N) is 1. The summed E-state index contributed by atoms with van der Waals surface area (Å²) < 4.78 is 38.5. The van der Waals surface area contributed by atoms with Gasteiger partial charge in [-0.2, -0.15) is 0 Å². The van der Waals surface area contributed by atoms with Gasteiger partial charge in [-0.1, -0.05) is 18.2 Å². The number of aliphatic hydroxyl groups excluding tert-OH is 1. The number of fused-ring (bicyclic) bond motifs is 1. The maximum Gasteiger partial charge on any atom is 0.261 e. The number of halogens is 2. The number of carbonyl (C=O) groups is 1. The summed E-state index contributed by atoms with van der Waals surface area (Å²) in [5.74, 6) is -1.77. The minimum atomic E-state index is -2.56. The molecule has 6 nitrogen and oxygen atoms in total. The van der Waals surface area contributed by atoms with E-state index in [1.807, 2.05) is 43.9 Å². The summed E-state index contributed by atoms with van der Waals surface area (Å²) >= 11 is 0. The van der Waals surface area contributed by atoms with Gasteiger partial charge in [-0.15, -0.1) is 0 Å². The summed E-state index contributed by atoms with van der Waals surface area (Å²) in [6, 6.07) is 11.3. The van der Waals surface area contributed by atoms with Crippen molar-refractivity contribution in [3.8, 4) is 5.75 Å². The lowest BCUT2D eigenvalue weighted by Gasteiger charge is -2.41. The molecule has 3 aliphatic rings. The molecule has 2 atom stereocenters. The summed E-state index contributed by atoms with van der Waals surface area (Å²) in [4.78, 5) is 15.0. The first kappa shape index (κ1) is 26.1. The van der Waals surface area contributed by atoms with Gasteiger partial charge in [0.1, 0.15) is 11.9 Å². The lowest BCUT2D eigenvalue weighted by Crippen LogP contribution is -2.43. The Balaban J connectivity index is 1.25. The minimum Gasteiger partial charge on any atom is -0.496 e. The molecule has 1 saturated heterocycles. The number of hydrogen-bond donors (Lipinski definition) is 2. The Kier molecular flexibility index (Phi) is 6.79. The molecule has 0 spiro atoms. The fraction of sp³-hybridized carbons (Fsp3) is 0.552. The second-order valence-electron chi connectivity index (χ2n) is 11.2. The van der Waals surface area contributed by atoms with Gasteiger partial charge < -0.3 is 19.9 Å². The summed E-state index contributed by atoms with van der Waals surface area (Å²) in [6.07, 6.45) is 0.931.